The summed E-state index contributed by atoms with van der Waals surface area (Å²) in [5, 5.41) is 2.57. The van der Waals surface area contributed by atoms with Crippen LogP contribution in [0.5, 0.6) is 0 Å². The monoisotopic (exact) mass is 323 g/mol. The van der Waals surface area contributed by atoms with Crippen molar-refractivity contribution in [1.82, 2.24) is 9.97 Å². The zero-order chi connectivity index (χ0) is 13.8. The number of aryl methyl sites for hydroxylation is 1. The molecule has 0 atom stereocenters. The lowest BCUT2D eigenvalue weighted by Crippen LogP contribution is -2.16. The molecule has 0 saturated carbocycles. The minimum Gasteiger partial charge on any atom is -0.294 e. The van der Waals surface area contributed by atoms with Crippen molar-refractivity contribution in [2.24, 2.45) is 0 Å². The number of benzene rings is 1. The highest BCUT2D eigenvalue weighted by molar-refractivity contribution is 9.10. The Bertz CT molecular complexity index is 619. The number of hydrogen-bond donors (Lipinski definition) is 1. The van der Waals surface area contributed by atoms with Gasteiger partial charge in [-0.25, -0.2) is 14.4 Å². The van der Waals surface area contributed by atoms with Crippen LogP contribution in [0.15, 0.2) is 34.9 Å². The molecular formula is C13H11BrFN3O. The largest absolute Gasteiger partial charge is 0.294 e. The Balaban J connectivity index is 2.07. The lowest BCUT2D eigenvalue weighted by atomic mass is 10.1. The maximum absolute atomic E-state index is 13.1. The standard InChI is InChI=1S/C13H11BrFN3O/c1-8-4-5-16-13(17-8)18-12(19)7-9-6-10(15)2-3-11(9)14/h2-6H,7H2,1H3,(H,16,17,18,19). The Hall–Kier alpha value is -1.82. The predicted molar refractivity (Wildman–Crippen MR) is 73.2 cm³/mol. The first kappa shape index (κ1) is 13.6. The molecule has 2 aromatic rings. The van der Waals surface area contributed by atoms with E-state index in [0.717, 1.165) is 5.69 Å². The summed E-state index contributed by atoms with van der Waals surface area (Å²) in [5.74, 6) is -0.424. The first-order valence-electron chi connectivity index (χ1n) is 5.58. The molecule has 0 aliphatic rings. The summed E-state index contributed by atoms with van der Waals surface area (Å²) in [5.41, 5.74) is 1.34. The van der Waals surface area contributed by atoms with Gasteiger partial charge in [0.15, 0.2) is 0 Å². The first-order valence-corrected chi connectivity index (χ1v) is 6.37. The van der Waals surface area contributed by atoms with Gasteiger partial charge in [-0.3, -0.25) is 10.1 Å². The van der Waals surface area contributed by atoms with E-state index >= 15 is 0 Å². The SMILES string of the molecule is Cc1ccnc(NC(=O)Cc2cc(F)ccc2Br)n1. The molecule has 0 aliphatic heterocycles. The highest BCUT2D eigenvalue weighted by Gasteiger charge is 2.09. The van der Waals surface area contributed by atoms with Crippen LogP contribution in [0, 0.1) is 12.7 Å². The van der Waals surface area contributed by atoms with E-state index in [1.54, 1.807) is 25.3 Å². The van der Waals surface area contributed by atoms with Crippen molar-refractivity contribution in [2.45, 2.75) is 13.3 Å². The van der Waals surface area contributed by atoms with Gasteiger partial charge in [-0.05, 0) is 36.8 Å². The molecule has 1 aromatic heterocycles. The summed E-state index contributed by atoms with van der Waals surface area (Å²) in [6.07, 6.45) is 1.62. The van der Waals surface area contributed by atoms with E-state index in [9.17, 15) is 9.18 Å². The molecule has 98 valence electrons. The molecule has 0 radical (unpaired) electrons. The van der Waals surface area contributed by atoms with E-state index in [4.69, 9.17) is 0 Å². The third-order valence-electron chi connectivity index (χ3n) is 2.40. The summed E-state index contributed by atoms with van der Waals surface area (Å²) in [4.78, 5) is 19.8. The average molecular weight is 324 g/mol. The Morgan fingerprint density at radius 2 is 2.21 bits per heavy atom. The second kappa shape index (κ2) is 5.88. The number of nitrogens with zero attached hydrogens (tertiary/aromatic N) is 2. The van der Waals surface area contributed by atoms with E-state index in [-0.39, 0.29) is 24.1 Å². The van der Waals surface area contributed by atoms with Gasteiger partial charge < -0.3 is 0 Å². The third-order valence-corrected chi connectivity index (χ3v) is 3.18. The Morgan fingerprint density at radius 1 is 1.42 bits per heavy atom. The smallest absolute Gasteiger partial charge is 0.231 e. The molecule has 0 spiro atoms. The van der Waals surface area contributed by atoms with Crippen molar-refractivity contribution in [2.75, 3.05) is 5.32 Å². The van der Waals surface area contributed by atoms with Crippen LogP contribution < -0.4 is 5.32 Å². The molecule has 0 saturated heterocycles. The normalized spacial score (nSPS) is 10.3. The van der Waals surface area contributed by atoms with E-state index < -0.39 is 0 Å². The molecule has 1 amide bonds. The number of carbonyl (C=O) groups is 1. The quantitative estimate of drug-likeness (QED) is 0.944. The first-order chi connectivity index (χ1) is 9.04. The molecule has 0 fully saturated rings. The van der Waals surface area contributed by atoms with Gasteiger partial charge in [0.25, 0.3) is 0 Å². The molecular weight excluding hydrogens is 313 g/mol. The molecule has 6 heteroatoms. The van der Waals surface area contributed by atoms with E-state index in [1.165, 1.54) is 12.1 Å². The highest BCUT2D eigenvalue weighted by atomic mass is 79.9. The van der Waals surface area contributed by atoms with Crippen molar-refractivity contribution in [3.8, 4) is 0 Å². The molecule has 1 heterocycles. The second-order valence-corrected chi connectivity index (χ2v) is 4.84. The number of carbonyl (C=O) groups excluding carboxylic acids is 1. The lowest BCUT2D eigenvalue weighted by molar-refractivity contribution is -0.115. The van der Waals surface area contributed by atoms with Crippen molar-refractivity contribution in [1.29, 1.82) is 0 Å². The zero-order valence-corrected chi connectivity index (χ0v) is 11.7. The predicted octanol–water partition coefficient (Wildman–Crippen LogP) is 2.87. The summed E-state index contributed by atoms with van der Waals surface area (Å²) < 4.78 is 13.8. The topological polar surface area (TPSA) is 54.9 Å². The number of rotatable bonds is 3. The second-order valence-electron chi connectivity index (χ2n) is 3.98. The summed E-state index contributed by atoms with van der Waals surface area (Å²) >= 11 is 3.28. The van der Waals surface area contributed by atoms with Crippen molar-refractivity contribution >= 4 is 27.8 Å². The maximum Gasteiger partial charge on any atom is 0.231 e. The molecule has 0 unspecified atom stereocenters. The van der Waals surface area contributed by atoms with Crippen molar-refractivity contribution in [3.05, 3.63) is 52.0 Å². The molecule has 0 aliphatic carbocycles. The number of amides is 1. The van der Waals surface area contributed by atoms with Gasteiger partial charge in [0.05, 0.1) is 6.42 Å². The van der Waals surface area contributed by atoms with Crippen LogP contribution in [-0.4, -0.2) is 15.9 Å². The van der Waals surface area contributed by atoms with E-state index in [0.29, 0.717) is 10.0 Å². The average Bonchev–Trinajstić information content (AvgIpc) is 2.34. The fraction of sp³-hybridized carbons (Fsp3) is 0.154. The van der Waals surface area contributed by atoms with Gasteiger partial charge in [0, 0.05) is 16.4 Å². The molecule has 1 aromatic carbocycles. The lowest BCUT2D eigenvalue weighted by Gasteiger charge is -2.06. The van der Waals surface area contributed by atoms with Crippen LogP contribution in [0.4, 0.5) is 10.3 Å². The number of nitrogens with one attached hydrogen (secondary N) is 1. The summed E-state index contributed by atoms with van der Waals surface area (Å²) in [6.45, 7) is 1.81. The minimum atomic E-state index is -0.377. The van der Waals surface area contributed by atoms with Crippen LogP contribution in [0.2, 0.25) is 0 Å². The Labute approximate surface area is 118 Å². The van der Waals surface area contributed by atoms with Crippen molar-refractivity contribution < 1.29 is 9.18 Å². The molecule has 1 N–H and O–H groups in total. The number of anilines is 1. The molecule has 19 heavy (non-hydrogen) atoms. The van der Waals surface area contributed by atoms with Crippen LogP contribution in [0.25, 0.3) is 0 Å². The van der Waals surface area contributed by atoms with Gasteiger partial charge in [-0.15, -0.1) is 0 Å². The van der Waals surface area contributed by atoms with Gasteiger partial charge in [-0.2, -0.15) is 0 Å². The van der Waals surface area contributed by atoms with Crippen LogP contribution in [0.3, 0.4) is 0 Å². The fourth-order valence-corrected chi connectivity index (χ4v) is 1.92. The molecule has 2 rings (SSSR count). The summed E-state index contributed by atoms with van der Waals surface area (Å²) in [7, 11) is 0. The zero-order valence-electron chi connectivity index (χ0n) is 10.2. The number of hydrogen-bond acceptors (Lipinski definition) is 3. The summed E-state index contributed by atoms with van der Waals surface area (Å²) in [6, 6.07) is 5.95. The maximum atomic E-state index is 13.1. The van der Waals surface area contributed by atoms with Crippen LogP contribution in [-0.2, 0) is 11.2 Å². The van der Waals surface area contributed by atoms with E-state index in [2.05, 4.69) is 31.2 Å². The highest BCUT2D eigenvalue weighted by Crippen LogP contribution is 2.18. The van der Waals surface area contributed by atoms with Crippen LogP contribution in [0.1, 0.15) is 11.3 Å². The van der Waals surface area contributed by atoms with E-state index in [1.807, 2.05) is 0 Å². The van der Waals surface area contributed by atoms with Gasteiger partial charge in [0.1, 0.15) is 5.82 Å². The third kappa shape index (κ3) is 3.82. The Morgan fingerprint density at radius 3 is 2.95 bits per heavy atom. The fourth-order valence-electron chi connectivity index (χ4n) is 1.53. The minimum absolute atomic E-state index is 0.0512. The van der Waals surface area contributed by atoms with Crippen LogP contribution >= 0.6 is 15.9 Å². The van der Waals surface area contributed by atoms with Gasteiger partial charge >= 0.3 is 0 Å². The number of halogens is 2. The molecule has 4 nitrogen and oxygen atoms in total. The number of aromatic nitrogens is 2. The Kier molecular flexibility index (Phi) is 4.21. The van der Waals surface area contributed by atoms with Gasteiger partial charge in [0.2, 0.25) is 11.9 Å². The molecule has 0 bridgehead atoms. The van der Waals surface area contributed by atoms with Gasteiger partial charge in [-0.1, -0.05) is 15.9 Å². The van der Waals surface area contributed by atoms with Crippen molar-refractivity contribution in [3.63, 3.8) is 0 Å².